The van der Waals surface area contributed by atoms with Crippen LogP contribution in [0.5, 0.6) is 0 Å². The van der Waals surface area contributed by atoms with Crippen molar-refractivity contribution in [3.05, 3.63) is 17.6 Å². The first-order chi connectivity index (χ1) is 9.09. The summed E-state index contributed by atoms with van der Waals surface area (Å²) in [4.78, 5) is 19.8. The van der Waals surface area contributed by atoms with Gasteiger partial charge in [0.2, 0.25) is 0 Å². The van der Waals surface area contributed by atoms with E-state index >= 15 is 0 Å². The fourth-order valence-electron chi connectivity index (χ4n) is 2.49. The van der Waals surface area contributed by atoms with E-state index in [0.717, 1.165) is 30.8 Å². The zero-order chi connectivity index (χ0) is 13.8. The van der Waals surface area contributed by atoms with E-state index in [4.69, 9.17) is 0 Å². The standard InChI is InChI=1S/C14H21N3O2/c1-9(2)11(14(18)19)7-15-13-10-5-3-4-6-12(10)16-8-17-13/h8-9,11H,3-7H2,1-2H3,(H,18,19)(H,15,16,17). The number of carboxylic acids is 1. The summed E-state index contributed by atoms with van der Waals surface area (Å²) < 4.78 is 0. The van der Waals surface area contributed by atoms with Crippen molar-refractivity contribution in [1.82, 2.24) is 9.97 Å². The number of aryl methyl sites for hydroxylation is 1. The third kappa shape index (κ3) is 3.22. The second kappa shape index (κ2) is 5.99. The molecule has 0 saturated heterocycles. The molecule has 0 aliphatic heterocycles. The number of anilines is 1. The minimum atomic E-state index is -0.759. The van der Waals surface area contributed by atoms with E-state index in [-0.39, 0.29) is 5.92 Å². The van der Waals surface area contributed by atoms with Crippen molar-refractivity contribution in [3.63, 3.8) is 0 Å². The van der Waals surface area contributed by atoms with E-state index < -0.39 is 11.9 Å². The highest BCUT2D eigenvalue weighted by atomic mass is 16.4. The summed E-state index contributed by atoms with van der Waals surface area (Å²) in [6.45, 7) is 4.27. The highest BCUT2D eigenvalue weighted by Gasteiger charge is 2.22. The molecule has 1 aliphatic carbocycles. The zero-order valence-corrected chi connectivity index (χ0v) is 11.5. The largest absolute Gasteiger partial charge is 0.481 e. The van der Waals surface area contributed by atoms with Gasteiger partial charge in [-0.15, -0.1) is 0 Å². The van der Waals surface area contributed by atoms with E-state index in [0.29, 0.717) is 6.54 Å². The van der Waals surface area contributed by atoms with Crippen molar-refractivity contribution >= 4 is 11.8 Å². The molecule has 104 valence electrons. The Hall–Kier alpha value is -1.65. The van der Waals surface area contributed by atoms with E-state index in [2.05, 4.69) is 15.3 Å². The maximum atomic E-state index is 11.2. The molecule has 2 N–H and O–H groups in total. The summed E-state index contributed by atoms with van der Waals surface area (Å²) in [5.74, 6) is -0.237. The third-order valence-corrected chi connectivity index (χ3v) is 3.74. The molecule has 5 nitrogen and oxygen atoms in total. The van der Waals surface area contributed by atoms with Gasteiger partial charge in [0.25, 0.3) is 0 Å². The van der Waals surface area contributed by atoms with Crippen molar-refractivity contribution in [2.24, 2.45) is 11.8 Å². The van der Waals surface area contributed by atoms with Gasteiger partial charge in [-0.25, -0.2) is 9.97 Å². The van der Waals surface area contributed by atoms with Crippen molar-refractivity contribution in [1.29, 1.82) is 0 Å². The lowest BCUT2D eigenvalue weighted by atomic mass is 9.94. The van der Waals surface area contributed by atoms with E-state index in [1.54, 1.807) is 6.33 Å². The van der Waals surface area contributed by atoms with Crippen LogP contribution in [-0.4, -0.2) is 27.6 Å². The Bertz CT molecular complexity index is 460. The molecule has 0 spiro atoms. The molecule has 1 unspecified atom stereocenters. The maximum Gasteiger partial charge on any atom is 0.308 e. The topological polar surface area (TPSA) is 75.1 Å². The smallest absolute Gasteiger partial charge is 0.308 e. The summed E-state index contributed by atoms with van der Waals surface area (Å²) in [7, 11) is 0. The molecule has 5 heteroatoms. The molecule has 1 aromatic heterocycles. The van der Waals surface area contributed by atoms with Gasteiger partial charge in [0.15, 0.2) is 0 Å². The van der Waals surface area contributed by atoms with Crippen LogP contribution in [0.4, 0.5) is 5.82 Å². The lowest BCUT2D eigenvalue weighted by molar-refractivity contribution is -0.142. The van der Waals surface area contributed by atoms with Crippen molar-refractivity contribution in [3.8, 4) is 0 Å². The monoisotopic (exact) mass is 263 g/mol. The summed E-state index contributed by atoms with van der Waals surface area (Å²) in [5.41, 5.74) is 2.28. The van der Waals surface area contributed by atoms with E-state index in [1.165, 1.54) is 12.0 Å². The SMILES string of the molecule is CC(C)C(CNc1ncnc2c1CCCC2)C(=O)O. The Morgan fingerprint density at radius 1 is 1.37 bits per heavy atom. The average Bonchev–Trinajstić information content (AvgIpc) is 2.38. The number of aliphatic carboxylic acids is 1. The van der Waals surface area contributed by atoms with E-state index in [9.17, 15) is 9.90 Å². The van der Waals surface area contributed by atoms with Gasteiger partial charge in [-0.2, -0.15) is 0 Å². The van der Waals surface area contributed by atoms with Crippen LogP contribution in [0.25, 0.3) is 0 Å². The molecule has 0 aromatic carbocycles. The number of aromatic nitrogens is 2. The first-order valence-electron chi connectivity index (χ1n) is 6.89. The molecule has 0 bridgehead atoms. The number of rotatable bonds is 5. The van der Waals surface area contributed by atoms with Gasteiger partial charge < -0.3 is 10.4 Å². The number of hydrogen-bond donors (Lipinski definition) is 2. The van der Waals surface area contributed by atoms with Crippen LogP contribution in [-0.2, 0) is 17.6 Å². The third-order valence-electron chi connectivity index (χ3n) is 3.74. The van der Waals surface area contributed by atoms with Crippen molar-refractivity contribution in [2.75, 3.05) is 11.9 Å². The predicted molar refractivity (Wildman–Crippen MR) is 73.1 cm³/mol. The van der Waals surface area contributed by atoms with Crippen LogP contribution in [0.3, 0.4) is 0 Å². The van der Waals surface area contributed by atoms with Crippen LogP contribution in [0.15, 0.2) is 6.33 Å². The molecule has 19 heavy (non-hydrogen) atoms. The Morgan fingerprint density at radius 3 is 2.79 bits per heavy atom. The van der Waals surface area contributed by atoms with Gasteiger partial charge in [-0.05, 0) is 31.6 Å². The molecule has 2 rings (SSSR count). The molecule has 1 atom stereocenters. The van der Waals surface area contributed by atoms with Gasteiger partial charge >= 0.3 is 5.97 Å². The molecular formula is C14H21N3O2. The lowest BCUT2D eigenvalue weighted by Gasteiger charge is -2.21. The van der Waals surface area contributed by atoms with Crippen LogP contribution in [0.1, 0.15) is 37.9 Å². The minimum Gasteiger partial charge on any atom is -0.481 e. The van der Waals surface area contributed by atoms with Gasteiger partial charge in [0.05, 0.1) is 5.92 Å². The maximum absolute atomic E-state index is 11.2. The normalized spacial score (nSPS) is 15.9. The lowest BCUT2D eigenvalue weighted by Crippen LogP contribution is -2.28. The van der Waals surface area contributed by atoms with Gasteiger partial charge in [-0.3, -0.25) is 4.79 Å². The fraction of sp³-hybridized carbons (Fsp3) is 0.643. The number of nitrogens with one attached hydrogen (secondary N) is 1. The number of carboxylic acid groups (broad SMARTS) is 1. The molecule has 1 aliphatic rings. The molecule has 1 heterocycles. The van der Waals surface area contributed by atoms with Crippen LogP contribution < -0.4 is 5.32 Å². The molecule has 0 fully saturated rings. The Morgan fingerprint density at radius 2 is 2.11 bits per heavy atom. The summed E-state index contributed by atoms with van der Waals surface area (Å²) in [5, 5.41) is 12.4. The van der Waals surface area contributed by atoms with Crippen molar-refractivity contribution < 1.29 is 9.90 Å². The fourth-order valence-corrected chi connectivity index (χ4v) is 2.49. The Labute approximate surface area is 113 Å². The van der Waals surface area contributed by atoms with Gasteiger partial charge in [0.1, 0.15) is 12.1 Å². The predicted octanol–water partition coefficient (Wildman–Crippen LogP) is 2.12. The molecule has 0 amide bonds. The highest BCUT2D eigenvalue weighted by Crippen LogP contribution is 2.24. The van der Waals surface area contributed by atoms with Gasteiger partial charge in [0, 0.05) is 17.8 Å². The summed E-state index contributed by atoms with van der Waals surface area (Å²) >= 11 is 0. The quantitative estimate of drug-likeness (QED) is 0.851. The highest BCUT2D eigenvalue weighted by molar-refractivity contribution is 5.71. The van der Waals surface area contributed by atoms with Crippen LogP contribution in [0, 0.1) is 11.8 Å². The molecule has 0 saturated carbocycles. The van der Waals surface area contributed by atoms with Crippen LogP contribution in [0.2, 0.25) is 0 Å². The van der Waals surface area contributed by atoms with Crippen LogP contribution >= 0.6 is 0 Å². The summed E-state index contributed by atoms with van der Waals surface area (Å²) in [6, 6.07) is 0. The Kier molecular flexibility index (Phi) is 4.35. The first-order valence-corrected chi connectivity index (χ1v) is 6.89. The second-order valence-corrected chi connectivity index (χ2v) is 5.42. The van der Waals surface area contributed by atoms with Crippen molar-refractivity contribution in [2.45, 2.75) is 39.5 Å². The number of nitrogens with zero attached hydrogens (tertiary/aromatic N) is 2. The minimum absolute atomic E-state index is 0.0997. The average molecular weight is 263 g/mol. The Balaban J connectivity index is 2.09. The molecule has 0 radical (unpaired) electrons. The van der Waals surface area contributed by atoms with E-state index in [1.807, 2.05) is 13.8 Å². The zero-order valence-electron chi connectivity index (χ0n) is 11.5. The molecule has 1 aromatic rings. The molecular weight excluding hydrogens is 242 g/mol. The number of hydrogen-bond acceptors (Lipinski definition) is 4. The second-order valence-electron chi connectivity index (χ2n) is 5.42. The summed E-state index contributed by atoms with van der Waals surface area (Å²) in [6.07, 6.45) is 5.88. The van der Waals surface area contributed by atoms with Gasteiger partial charge in [-0.1, -0.05) is 13.8 Å². The first kappa shape index (κ1) is 13.8. The number of fused-ring (bicyclic) bond motifs is 1. The number of carbonyl (C=O) groups is 1.